The Labute approximate surface area is 512 Å². The van der Waals surface area contributed by atoms with Gasteiger partial charge in [-0.05, 0) is 88.4 Å². The maximum atomic E-state index is 13.1. The van der Waals surface area contributed by atoms with Crippen molar-refractivity contribution in [2.45, 2.75) is 141 Å². The number of amidine groups is 1. The highest BCUT2D eigenvalue weighted by Crippen LogP contribution is 2.66. The lowest BCUT2D eigenvalue weighted by Crippen LogP contribution is -2.36. The molecule has 4 unspecified atom stereocenters. The Morgan fingerprint density at radius 2 is 1.70 bits per heavy atom. The van der Waals surface area contributed by atoms with Crippen molar-refractivity contribution in [3.63, 3.8) is 0 Å². The lowest BCUT2D eigenvalue weighted by Gasteiger charge is -2.31. The fourth-order valence-electron chi connectivity index (χ4n) is 11.1. The number of likely N-dealkylation sites (N-methyl/N-ethyl adjacent to an activating group) is 1. The minimum absolute atomic E-state index is 0.00902. The number of hydrogen-bond acceptors (Lipinski definition) is 18. The van der Waals surface area contributed by atoms with Crippen molar-refractivity contribution in [1.82, 2.24) is 4.90 Å². The number of ketones is 1. The summed E-state index contributed by atoms with van der Waals surface area (Å²) in [6, 6.07) is 15.8. The first kappa shape index (κ1) is 69.4. The van der Waals surface area contributed by atoms with E-state index in [0.717, 1.165) is 36.3 Å². The van der Waals surface area contributed by atoms with E-state index < -0.39 is 75.1 Å². The Morgan fingerprint density at radius 1 is 0.977 bits per heavy atom. The van der Waals surface area contributed by atoms with E-state index in [1.165, 1.54) is 51.8 Å². The fourth-order valence-corrected chi connectivity index (χ4v) is 14.6. The van der Waals surface area contributed by atoms with Gasteiger partial charge < -0.3 is 49.7 Å². The maximum Gasteiger partial charge on any atom is 0.490 e. The van der Waals surface area contributed by atoms with Crippen LogP contribution in [0.4, 0.5) is 17.1 Å². The SMILES string of the molecule is C=C1N=C(N)C(COC(c2ccc(C#CCCC(=O)CCCCC[N+]3=C(C=CC=CC=C4N(CC)c5ccc(C)cc5C4(C)C)C(C)(C)c4cc(S(=O)(=O)O)ccc43)cc2[N+](=O)[O-])C(C)C)=CN1[C@H]1CC(O)[C@@H](COP(=O)(O)OP(=O)(O)OP(=O)(O)O)O1. The van der Waals surface area contributed by atoms with Gasteiger partial charge in [0.15, 0.2) is 5.71 Å². The zero-order chi connectivity index (χ0) is 64.9. The highest BCUT2D eigenvalue weighted by Gasteiger charge is 2.46. The molecule has 0 amide bonds. The number of hydrogen-bond donors (Lipinski definition) is 7. The van der Waals surface area contributed by atoms with Crippen LogP contribution in [0.25, 0.3) is 0 Å². The van der Waals surface area contributed by atoms with Crippen molar-refractivity contribution in [2.24, 2.45) is 16.6 Å². The second-order valence-corrected chi connectivity index (χ2v) is 28.8. The number of aliphatic hydroxyl groups is 1. The van der Waals surface area contributed by atoms with Gasteiger partial charge in [-0.1, -0.05) is 82.0 Å². The molecular formula is C59H76N6O19P3S+. The number of carbonyl (C=O) groups is 1. The van der Waals surface area contributed by atoms with Gasteiger partial charge in [0.25, 0.3) is 15.8 Å². The van der Waals surface area contributed by atoms with Gasteiger partial charge in [0.2, 0.25) is 5.69 Å². The monoisotopic (exact) mass is 1300 g/mol. The first-order valence-electron chi connectivity index (χ1n) is 28.3. The highest BCUT2D eigenvalue weighted by atomic mass is 32.2. The number of rotatable bonds is 27. The molecule has 0 spiro atoms. The molecule has 1 saturated heterocycles. The molecule has 0 bridgehead atoms. The molecule has 7 rings (SSSR count). The summed E-state index contributed by atoms with van der Waals surface area (Å²) in [7, 11) is -21.4. The zero-order valence-corrected chi connectivity index (χ0v) is 53.6. The second kappa shape index (κ2) is 28.0. The molecule has 3 aromatic rings. The molecule has 6 atom stereocenters. The van der Waals surface area contributed by atoms with E-state index in [-0.39, 0.29) is 76.4 Å². The number of anilines is 1. The maximum absolute atomic E-state index is 13.1. The number of nitro groups is 1. The number of benzene rings is 3. The molecule has 3 aromatic carbocycles. The summed E-state index contributed by atoms with van der Waals surface area (Å²) in [6.45, 7) is 20.5. The van der Waals surface area contributed by atoms with Crippen LogP contribution in [0.2, 0.25) is 0 Å². The quantitative estimate of drug-likeness (QED) is 0.00545. The van der Waals surface area contributed by atoms with Crippen LogP contribution in [0.3, 0.4) is 0 Å². The van der Waals surface area contributed by atoms with Crippen LogP contribution in [0.1, 0.15) is 127 Å². The second-order valence-electron chi connectivity index (χ2n) is 23.0. The van der Waals surface area contributed by atoms with Crippen LogP contribution in [0.15, 0.2) is 125 Å². The predicted molar refractivity (Wildman–Crippen MR) is 329 cm³/mol. The Balaban J connectivity index is 0.928. The van der Waals surface area contributed by atoms with E-state index in [0.29, 0.717) is 24.9 Å². The van der Waals surface area contributed by atoms with E-state index in [9.17, 15) is 56.5 Å². The van der Waals surface area contributed by atoms with Gasteiger partial charge in [-0.3, -0.25) is 24.0 Å². The van der Waals surface area contributed by atoms with Crippen LogP contribution < -0.4 is 10.6 Å². The molecule has 4 aliphatic heterocycles. The van der Waals surface area contributed by atoms with Gasteiger partial charge >= 0.3 is 23.5 Å². The number of carbonyl (C=O) groups excluding carboxylic acids is 1. The summed E-state index contributed by atoms with van der Waals surface area (Å²) in [5, 5.41) is 23.2. The summed E-state index contributed by atoms with van der Waals surface area (Å²) >= 11 is 0. The molecule has 4 aliphatic rings. The van der Waals surface area contributed by atoms with Crippen molar-refractivity contribution in [1.29, 1.82) is 0 Å². The summed E-state index contributed by atoms with van der Waals surface area (Å²) in [4.78, 5) is 69.7. The Bertz CT molecular complexity index is 3750. The molecule has 29 heteroatoms. The zero-order valence-electron chi connectivity index (χ0n) is 50.1. The van der Waals surface area contributed by atoms with Gasteiger partial charge in [0.05, 0.1) is 46.2 Å². The van der Waals surface area contributed by atoms with E-state index in [1.54, 1.807) is 32.0 Å². The molecule has 0 aliphatic carbocycles. The topological polar surface area (TPSA) is 361 Å². The number of allylic oxidation sites excluding steroid dienone is 6. The minimum atomic E-state index is -5.79. The Morgan fingerprint density at radius 3 is 2.38 bits per heavy atom. The molecule has 0 saturated carbocycles. The number of phosphoric ester groups is 1. The van der Waals surface area contributed by atoms with Crippen molar-refractivity contribution >= 4 is 68.0 Å². The third-order valence-electron chi connectivity index (χ3n) is 15.4. The first-order valence-corrected chi connectivity index (χ1v) is 34.3. The van der Waals surface area contributed by atoms with Crippen molar-refractivity contribution in [3.05, 3.63) is 153 Å². The number of Topliss-reactive ketones (excluding diaryl/α,β-unsaturated/α-hetero) is 1. The number of nitro benzene ring substituents is 1. The summed E-state index contributed by atoms with van der Waals surface area (Å²) in [6.07, 6.45) is 9.75. The molecule has 8 N–H and O–H groups in total. The lowest BCUT2D eigenvalue weighted by molar-refractivity contribution is -0.438. The number of phosphoric acid groups is 3. The summed E-state index contributed by atoms with van der Waals surface area (Å²) in [5.41, 5.74) is 13.6. The van der Waals surface area contributed by atoms with E-state index >= 15 is 0 Å². The molecule has 25 nitrogen and oxygen atoms in total. The van der Waals surface area contributed by atoms with E-state index in [4.69, 9.17) is 25.0 Å². The van der Waals surface area contributed by atoms with Gasteiger partial charge in [0, 0.05) is 96.6 Å². The first-order chi connectivity index (χ1) is 41.0. The Kier molecular flexibility index (Phi) is 22.1. The highest BCUT2D eigenvalue weighted by molar-refractivity contribution is 7.85. The van der Waals surface area contributed by atoms with Crippen LogP contribution >= 0.6 is 23.5 Å². The normalized spacial score (nSPS) is 21.3. The number of aryl methyl sites for hydroxylation is 1. The van der Waals surface area contributed by atoms with E-state index in [1.807, 2.05) is 38.2 Å². The van der Waals surface area contributed by atoms with Crippen molar-refractivity contribution < 1.29 is 88.3 Å². The average Bonchev–Trinajstić information content (AvgIpc) is 1.78. The average molecular weight is 1300 g/mol. The summed E-state index contributed by atoms with van der Waals surface area (Å²) < 4.78 is 95.7. The molecule has 0 radical (unpaired) electrons. The number of nitrogens with zero attached hydrogens (tertiary/aromatic N) is 5. The third-order valence-corrected chi connectivity index (χ3v) is 20.1. The lowest BCUT2D eigenvalue weighted by atomic mass is 9.81. The summed E-state index contributed by atoms with van der Waals surface area (Å²) in [5.74, 6) is 5.67. The molecule has 88 heavy (non-hydrogen) atoms. The van der Waals surface area contributed by atoms with Crippen LogP contribution in [-0.2, 0) is 62.1 Å². The fraction of sp³-hybridized carbons (Fsp3) is 0.441. The van der Waals surface area contributed by atoms with Crippen LogP contribution in [-0.4, -0.2) is 114 Å². The smallest absolute Gasteiger partial charge is 0.390 e. The van der Waals surface area contributed by atoms with E-state index in [2.05, 4.69) is 98.0 Å². The van der Waals surface area contributed by atoms with Gasteiger partial charge in [0.1, 0.15) is 36.3 Å². The number of fused-ring (bicyclic) bond motifs is 2. The third kappa shape index (κ3) is 17.0. The molecule has 0 aromatic heterocycles. The van der Waals surface area contributed by atoms with Crippen LogP contribution in [0.5, 0.6) is 0 Å². The number of ether oxygens (including phenoxy) is 2. The number of unbranched alkanes of at least 4 members (excludes halogenated alkanes) is 2. The molecule has 4 heterocycles. The molecular weight excluding hydrogens is 1220 g/mol. The van der Waals surface area contributed by atoms with Crippen LogP contribution in [0, 0.1) is 34.8 Å². The minimum Gasteiger partial charge on any atom is -0.390 e. The van der Waals surface area contributed by atoms with Gasteiger partial charge in [-0.25, -0.2) is 18.7 Å². The van der Waals surface area contributed by atoms with Crippen molar-refractivity contribution in [3.8, 4) is 11.8 Å². The number of aliphatic hydroxyl groups excluding tert-OH is 1. The Hall–Kier alpha value is -6.07. The predicted octanol–water partition coefficient (Wildman–Crippen LogP) is 9.86. The largest absolute Gasteiger partial charge is 0.490 e. The van der Waals surface area contributed by atoms with Gasteiger partial charge in [-0.2, -0.15) is 21.6 Å². The number of aliphatic imine (C=N–C) groups is 1. The standard InChI is InChI=1S/C59H75N6O19P3S/c1-10-62-48-28-24-39(4)31-46(48)58(6,7)53(62)22-14-11-15-23-54-59(8,9)47-33-44(88(77,78)79)26-29-49(47)63(54)30-18-12-13-20-43(66)21-17-16-19-41-25-27-45(50(32-41)65(68)69)56(38(2)3)80-36-42-35-64(40(5)61-57(42)60)55-34-51(67)52(82-55)37-81-86(73,74)84-87(75,76)83-85(70,71)72/h11,14-15,22-29,31-33,35,38,51-52,55-56,67H,5,10,12-13,17-18,20-21,30,34,36-37H2,1-4,6-9H3,(H6-,60,61,70,71,72,73,74,75,76,77,78,79)/p+1/t51?,52-,55-,56?/m1/s1. The van der Waals surface area contributed by atoms with Crippen molar-refractivity contribution in [2.75, 3.05) is 31.2 Å². The number of nitrogens with two attached hydrogens (primary N) is 1. The van der Waals surface area contributed by atoms with Gasteiger partial charge in [-0.15, -0.1) is 0 Å². The molecule has 476 valence electrons. The molecule has 1 fully saturated rings.